The van der Waals surface area contributed by atoms with Crippen LogP contribution in [-0.2, 0) is 6.54 Å². The van der Waals surface area contributed by atoms with E-state index in [2.05, 4.69) is 0 Å². The molecule has 0 bridgehead atoms. The molecule has 0 spiro atoms. The number of nitrogens with zero attached hydrogens (tertiary/aromatic N) is 2. The van der Waals surface area contributed by atoms with Crippen LogP contribution in [0.4, 0.5) is 4.39 Å². The van der Waals surface area contributed by atoms with Gasteiger partial charge in [0, 0.05) is 17.7 Å². The van der Waals surface area contributed by atoms with Crippen LogP contribution in [-0.4, -0.2) is 30.5 Å². The van der Waals surface area contributed by atoms with Crippen LogP contribution in [0, 0.1) is 5.82 Å². The Hall–Kier alpha value is -4.07. The fourth-order valence-corrected chi connectivity index (χ4v) is 3.69. The third-order valence-electron chi connectivity index (χ3n) is 5.24. The zero-order valence-corrected chi connectivity index (χ0v) is 17.8. The largest absolute Gasteiger partial charge is 0.493 e. The van der Waals surface area contributed by atoms with Crippen LogP contribution in [0.25, 0.3) is 16.6 Å². The SMILES string of the molecule is COc1cc(-n2c(=O)c3ccccc3n(Cc3ccccc3F)c2=O)cc(OC)c1OC. The van der Waals surface area contributed by atoms with Gasteiger partial charge in [0.1, 0.15) is 5.82 Å². The summed E-state index contributed by atoms with van der Waals surface area (Å²) in [4.78, 5) is 26.9. The molecule has 0 aliphatic heterocycles. The summed E-state index contributed by atoms with van der Waals surface area (Å²) in [6.45, 7) is -0.0449. The lowest BCUT2D eigenvalue weighted by molar-refractivity contribution is 0.324. The predicted octanol–water partition coefficient (Wildman–Crippen LogP) is 3.37. The summed E-state index contributed by atoms with van der Waals surface area (Å²) < 4.78 is 32.8. The summed E-state index contributed by atoms with van der Waals surface area (Å²) in [6.07, 6.45) is 0. The number of fused-ring (bicyclic) bond motifs is 1. The van der Waals surface area contributed by atoms with Crippen molar-refractivity contribution in [2.45, 2.75) is 6.54 Å². The first kappa shape index (κ1) is 21.2. The zero-order chi connectivity index (χ0) is 22.8. The Morgan fingerprint density at radius 3 is 2.09 bits per heavy atom. The highest BCUT2D eigenvalue weighted by Gasteiger charge is 2.20. The number of hydrogen-bond acceptors (Lipinski definition) is 5. The van der Waals surface area contributed by atoms with Gasteiger partial charge in [-0.25, -0.2) is 13.8 Å². The number of halogens is 1. The molecule has 7 nitrogen and oxygen atoms in total. The van der Waals surface area contributed by atoms with E-state index in [1.165, 1.54) is 44.1 Å². The Balaban J connectivity index is 2.05. The minimum absolute atomic E-state index is 0.0449. The van der Waals surface area contributed by atoms with Crippen molar-refractivity contribution >= 4 is 10.9 Å². The van der Waals surface area contributed by atoms with Crippen molar-refractivity contribution < 1.29 is 18.6 Å². The third-order valence-corrected chi connectivity index (χ3v) is 5.24. The van der Waals surface area contributed by atoms with Gasteiger partial charge in [-0.2, -0.15) is 0 Å². The molecule has 8 heteroatoms. The van der Waals surface area contributed by atoms with Crippen molar-refractivity contribution in [1.29, 1.82) is 0 Å². The highest BCUT2D eigenvalue weighted by molar-refractivity contribution is 5.78. The second kappa shape index (κ2) is 8.58. The highest BCUT2D eigenvalue weighted by Crippen LogP contribution is 2.38. The minimum Gasteiger partial charge on any atom is -0.493 e. The molecule has 3 aromatic carbocycles. The lowest BCUT2D eigenvalue weighted by Crippen LogP contribution is -2.39. The van der Waals surface area contributed by atoms with E-state index in [0.29, 0.717) is 33.7 Å². The first-order chi connectivity index (χ1) is 15.5. The molecule has 4 rings (SSSR count). The zero-order valence-electron chi connectivity index (χ0n) is 17.8. The van der Waals surface area contributed by atoms with Crippen LogP contribution < -0.4 is 25.5 Å². The van der Waals surface area contributed by atoms with Crippen molar-refractivity contribution in [2.75, 3.05) is 21.3 Å². The molecule has 0 N–H and O–H groups in total. The predicted molar refractivity (Wildman–Crippen MR) is 119 cm³/mol. The van der Waals surface area contributed by atoms with Crippen LogP contribution in [0.15, 0.2) is 70.3 Å². The lowest BCUT2D eigenvalue weighted by Gasteiger charge is -2.17. The van der Waals surface area contributed by atoms with Crippen molar-refractivity contribution in [3.63, 3.8) is 0 Å². The maximum absolute atomic E-state index is 14.4. The monoisotopic (exact) mass is 436 g/mol. The van der Waals surface area contributed by atoms with E-state index < -0.39 is 17.1 Å². The second-order valence-electron chi connectivity index (χ2n) is 7.00. The van der Waals surface area contributed by atoms with E-state index in [-0.39, 0.29) is 12.2 Å². The Kier molecular flexibility index (Phi) is 5.68. The number of rotatable bonds is 6. The van der Waals surface area contributed by atoms with E-state index in [0.717, 1.165) is 4.57 Å². The van der Waals surface area contributed by atoms with Gasteiger partial charge in [-0.1, -0.05) is 30.3 Å². The van der Waals surface area contributed by atoms with E-state index >= 15 is 0 Å². The average molecular weight is 436 g/mol. The van der Waals surface area contributed by atoms with Crippen LogP contribution in [0.5, 0.6) is 17.2 Å². The molecule has 0 fully saturated rings. The molecule has 32 heavy (non-hydrogen) atoms. The number of benzene rings is 3. The molecule has 0 unspecified atom stereocenters. The van der Waals surface area contributed by atoms with E-state index in [4.69, 9.17) is 14.2 Å². The summed E-state index contributed by atoms with van der Waals surface area (Å²) in [6, 6.07) is 16.0. The lowest BCUT2D eigenvalue weighted by atomic mass is 10.2. The molecular formula is C24H21FN2O5. The topological polar surface area (TPSA) is 71.7 Å². The molecular weight excluding hydrogens is 415 g/mol. The molecule has 0 radical (unpaired) electrons. The van der Waals surface area contributed by atoms with Gasteiger partial charge >= 0.3 is 5.69 Å². The molecule has 0 aliphatic rings. The smallest absolute Gasteiger partial charge is 0.336 e. The Morgan fingerprint density at radius 1 is 0.844 bits per heavy atom. The van der Waals surface area contributed by atoms with Crippen molar-refractivity contribution in [2.24, 2.45) is 0 Å². The van der Waals surface area contributed by atoms with Crippen LogP contribution in [0.2, 0.25) is 0 Å². The maximum atomic E-state index is 14.4. The molecule has 0 saturated carbocycles. The molecule has 0 atom stereocenters. The van der Waals surface area contributed by atoms with Gasteiger partial charge in [-0.15, -0.1) is 0 Å². The van der Waals surface area contributed by atoms with Crippen LogP contribution in [0.3, 0.4) is 0 Å². The normalized spacial score (nSPS) is 10.9. The number of methoxy groups -OCH3 is 3. The Labute approximate surface area is 182 Å². The highest BCUT2D eigenvalue weighted by atomic mass is 19.1. The molecule has 4 aromatic rings. The van der Waals surface area contributed by atoms with Gasteiger partial charge in [0.05, 0.1) is 44.5 Å². The van der Waals surface area contributed by atoms with Crippen molar-refractivity contribution in [3.8, 4) is 22.9 Å². The molecule has 0 saturated heterocycles. The summed E-state index contributed by atoms with van der Waals surface area (Å²) in [5.74, 6) is 0.484. The summed E-state index contributed by atoms with van der Waals surface area (Å²) in [5.41, 5.74) is -0.150. The number of ether oxygens (including phenoxy) is 3. The van der Waals surface area contributed by atoms with Gasteiger partial charge < -0.3 is 14.2 Å². The maximum Gasteiger partial charge on any atom is 0.336 e. The standard InChI is InChI=1S/C24H21FN2O5/c1-30-20-12-16(13-21(31-2)22(20)32-3)27-23(28)17-9-5-7-11-19(17)26(24(27)29)14-15-8-4-6-10-18(15)25/h4-13H,14H2,1-3H3. The average Bonchev–Trinajstić information content (AvgIpc) is 2.82. The van der Waals surface area contributed by atoms with Crippen molar-refractivity contribution in [3.05, 3.63) is 92.9 Å². The van der Waals surface area contributed by atoms with E-state index in [1.807, 2.05) is 0 Å². The fraction of sp³-hybridized carbons (Fsp3) is 0.167. The fourth-order valence-electron chi connectivity index (χ4n) is 3.69. The summed E-state index contributed by atoms with van der Waals surface area (Å²) in [5, 5.41) is 0.317. The first-order valence-electron chi connectivity index (χ1n) is 9.78. The van der Waals surface area contributed by atoms with Crippen LogP contribution in [0.1, 0.15) is 5.56 Å². The van der Waals surface area contributed by atoms with Gasteiger partial charge in [0.2, 0.25) is 5.75 Å². The Bertz CT molecular complexity index is 1400. The van der Waals surface area contributed by atoms with E-state index in [1.54, 1.807) is 42.5 Å². The quantitative estimate of drug-likeness (QED) is 0.464. The number of hydrogen-bond donors (Lipinski definition) is 0. The Morgan fingerprint density at radius 2 is 1.47 bits per heavy atom. The summed E-state index contributed by atoms with van der Waals surface area (Å²) >= 11 is 0. The molecule has 0 amide bonds. The molecule has 164 valence electrons. The third kappa shape index (κ3) is 3.49. The second-order valence-corrected chi connectivity index (χ2v) is 7.00. The van der Waals surface area contributed by atoms with Crippen molar-refractivity contribution in [1.82, 2.24) is 9.13 Å². The van der Waals surface area contributed by atoms with Gasteiger partial charge in [0.15, 0.2) is 11.5 Å². The molecule has 1 heterocycles. The molecule has 0 aliphatic carbocycles. The van der Waals surface area contributed by atoms with Gasteiger partial charge in [-0.3, -0.25) is 9.36 Å². The van der Waals surface area contributed by atoms with Crippen LogP contribution >= 0.6 is 0 Å². The van der Waals surface area contributed by atoms with E-state index in [9.17, 15) is 14.0 Å². The van der Waals surface area contributed by atoms with Gasteiger partial charge in [0.25, 0.3) is 5.56 Å². The first-order valence-corrected chi connectivity index (χ1v) is 9.78. The number of para-hydroxylation sites is 1. The minimum atomic E-state index is -0.619. The number of aromatic nitrogens is 2. The molecule has 1 aromatic heterocycles. The van der Waals surface area contributed by atoms with Gasteiger partial charge in [-0.05, 0) is 18.2 Å². The summed E-state index contributed by atoms with van der Waals surface area (Å²) in [7, 11) is 4.35.